The highest BCUT2D eigenvalue weighted by Crippen LogP contribution is 2.33. The average molecular weight is 397 g/mol. The highest BCUT2D eigenvalue weighted by Gasteiger charge is 2.13. The molecule has 1 heterocycles. The Morgan fingerprint density at radius 3 is 2.24 bits per heavy atom. The molecule has 0 aliphatic carbocycles. The van der Waals surface area contributed by atoms with Crippen LogP contribution in [0.5, 0.6) is 11.5 Å². The van der Waals surface area contributed by atoms with Crippen molar-refractivity contribution in [1.82, 2.24) is 10.2 Å². The number of aromatic nitrogens is 2. The lowest BCUT2D eigenvalue weighted by Crippen LogP contribution is -1.88. The van der Waals surface area contributed by atoms with Crippen LogP contribution in [0.4, 0.5) is 0 Å². The summed E-state index contributed by atoms with van der Waals surface area (Å²) in [7, 11) is 3.17. The van der Waals surface area contributed by atoms with Gasteiger partial charge < -0.3 is 13.9 Å². The molecule has 0 aliphatic rings. The molecule has 0 saturated heterocycles. The number of thioether (sulfide) groups is 1. The van der Waals surface area contributed by atoms with Gasteiger partial charge in [0, 0.05) is 27.4 Å². The zero-order chi connectivity index (χ0) is 17.8. The maximum Gasteiger partial charge on any atom is 0.277 e. The third-order valence-electron chi connectivity index (χ3n) is 3.41. The molecular formula is C17H14Cl2N2O3S. The van der Waals surface area contributed by atoms with Crippen LogP contribution >= 0.6 is 35.0 Å². The average Bonchev–Trinajstić information content (AvgIpc) is 3.10. The van der Waals surface area contributed by atoms with Crippen molar-refractivity contribution in [1.29, 1.82) is 0 Å². The van der Waals surface area contributed by atoms with E-state index in [0.717, 1.165) is 5.56 Å². The standard InChI is InChI=1S/C17H14Cl2N2O3S/c1-22-11-6-10(7-12(8-11)23-2)16-20-21-17(24-16)25-9-13-14(18)4-3-5-15(13)19/h3-8H,9H2,1-2H3. The largest absolute Gasteiger partial charge is 0.497 e. The smallest absolute Gasteiger partial charge is 0.277 e. The van der Waals surface area contributed by atoms with Crippen LogP contribution in [0.15, 0.2) is 46.0 Å². The van der Waals surface area contributed by atoms with E-state index in [9.17, 15) is 0 Å². The maximum absolute atomic E-state index is 6.17. The second-order valence-electron chi connectivity index (χ2n) is 4.96. The first-order chi connectivity index (χ1) is 12.1. The van der Waals surface area contributed by atoms with Crippen LogP contribution in [0.2, 0.25) is 10.0 Å². The Hall–Kier alpha value is -1.89. The number of hydrogen-bond acceptors (Lipinski definition) is 6. The molecule has 25 heavy (non-hydrogen) atoms. The maximum atomic E-state index is 6.17. The summed E-state index contributed by atoms with van der Waals surface area (Å²) in [6.45, 7) is 0. The molecule has 3 rings (SSSR count). The van der Waals surface area contributed by atoms with Gasteiger partial charge in [0.2, 0.25) is 5.89 Å². The molecule has 3 aromatic rings. The Morgan fingerprint density at radius 1 is 1.00 bits per heavy atom. The van der Waals surface area contributed by atoms with Crippen LogP contribution in [0.3, 0.4) is 0 Å². The first-order valence-corrected chi connectivity index (χ1v) is 8.97. The van der Waals surface area contributed by atoms with Crippen LogP contribution < -0.4 is 9.47 Å². The molecule has 0 amide bonds. The van der Waals surface area contributed by atoms with Crippen molar-refractivity contribution >= 4 is 35.0 Å². The van der Waals surface area contributed by atoms with E-state index >= 15 is 0 Å². The number of benzene rings is 2. The number of hydrogen-bond donors (Lipinski definition) is 0. The van der Waals surface area contributed by atoms with Crippen molar-refractivity contribution in [3.05, 3.63) is 52.0 Å². The van der Waals surface area contributed by atoms with Crippen molar-refractivity contribution in [3.8, 4) is 23.0 Å². The third-order valence-corrected chi connectivity index (χ3v) is 4.96. The summed E-state index contributed by atoms with van der Waals surface area (Å²) < 4.78 is 16.2. The normalized spacial score (nSPS) is 10.7. The summed E-state index contributed by atoms with van der Waals surface area (Å²) in [6.07, 6.45) is 0. The van der Waals surface area contributed by atoms with E-state index < -0.39 is 0 Å². The van der Waals surface area contributed by atoms with Gasteiger partial charge in [0.1, 0.15) is 11.5 Å². The Kier molecular flexibility index (Phi) is 5.73. The number of halogens is 2. The predicted octanol–water partition coefficient (Wildman–Crippen LogP) is 5.35. The van der Waals surface area contributed by atoms with Crippen molar-refractivity contribution in [2.75, 3.05) is 14.2 Å². The highest BCUT2D eigenvalue weighted by molar-refractivity contribution is 7.98. The number of rotatable bonds is 6. The Bertz CT molecular complexity index is 844. The lowest BCUT2D eigenvalue weighted by Gasteiger charge is -2.06. The molecule has 0 atom stereocenters. The fraction of sp³-hybridized carbons (Fsp3) is 0.176. The highest BCUT2D eigenvalue weighted by atomic mass is 35.5. The molecule has 1 aromatic heterocycles. The van der Waals surface area contributed by atoms with Gasteiger partial charge in [0.05, 0.1) is 14.2 Å². The summed E-state index contributed by atoms with van der Waals surface area (Å²) in [4.78, 5) is 0. The van der Waals surface area contributed by atoms with E-state index in [0.29, 0.717) is 44.0 Å². The first kappa shape index (κ1) is 17.9. The lowest BCUT2D eigenvalue weighted by molar-refractivity contribution is 0.394. The minimum Gasteiger partial charge on any atom is -0.497 e. The zero-order valence-electron chi connectivity index (χ0n) is 13.5. The minimum absolute atomic E-state index is 0.380. The van der Waals surface area contributed by atoms with Crippen molar-refractivity contribution < 1.29 is 13.9 Å². The number of nitrogens with zero attached hydrogens (tertiary/aromatic N) is 2. The van der Waals surface area contributed by atoms with Crippen LogP contribution in [0, 0.1) is 0 Å². The van der Waals surface area contributed by atoms with Crippen LogP contribution in [0.1, 0.15) is 5.56 Å². The fourth-order valence-corrected chi connectivity index (χ4v) is 3.62. The summed E-state index contributed by atoms with van der Waals surface area (Å²) in [5.41, 5.74) is 1.55. The molecule has 0 unspecified atom stereocenters. The van der Waals surface area contributed by atoms with E-state index in [4.69, 9.17) is 37.1 Å². The van der Waals surface area contributed by atoms with E-state index in [1.54, 1.807) is 50.6 Å². The second kappa shape index (κ2) is 7.99. The topological polar surface area (TPSA) is 57.4 Å². The van der Waals surface area contributed by atoms with Crippen LogP contribution in [-0.2, 0) is 5.75 Å². The fourth-order valence-electron chi connectivity index (χ4n) is 2.12. The minimum atomic E-state index is 0.380. The van der Waals surface area contributed by atoms with Gasteiger partial charge in [0.25, 0.3) is 5.22 Å². The Balaban J connectivity index is 1.79. The molecule has 0 radical (unpaired) electrons. The van der Waals surface area contributed by atoms with Gasteiger partial charge in [-0.05, 0) is 29.8 Å². The van der Waals surface area contributed by atoms with Crippen molar-refractivity contribution in [2.24, 2.45) is 0 Å². The molecule has 0 aliphatic heterocycles. The Labute approximate surface area is 159 Å². The molecule has 5 nitrogen and oxygen atoms in total. The molecule has 8 heteroatoms. The van der Waals surface area contributed by atoms with E-state index in [1.807, 2.05) is 0 Å². The van der Waals surface area contributed by atoms with Crippen LogP contribution in [0.25, 0.3) is 11.5 Å². The molecule has 130 valence electrons. The molecule has 0 fully saturated rings. The molecule has 0 spiro atoms. The molecule has 0 bridgehead atoms. The van der Waals surface area contributed by atoms with Gasteiger partial charge in [-0.25, -0.2) is 0 Å². The first-order valence-electron chi connectivity index (χ1n) is 7.23. The monoisotopic (exact) mass is 396 g/mol. The van der Waals surface area contributed by atoms with Gasteiger partial charge >= 0.3 is 0 Å². The van der Waals surface area contributed by atoms with Gasteiger partial charge in [-0.2, -0.15) is 0 Å². The van der Waals surface area contributed by atoms with Crippen molar-refractivity contribution in [3.63, 3.8) is 0 Å². The Morgan fingerprint density at radius 2 is 1.64 bits per heavy atom. The lowest BCUT2D eigenvalue weighted by atomic mass is 10.2. The summed E-state index contributed by atoms with van der Waals surface area (Å²) >= 11 is 13.7. The summed E-state index contributed by atoms with van der Waals surface area (Å²) in [5.74, 6) is 2.20. The summed E-state index contributed by atoms with van der Waals surface area (Å²) in [6, 6.07) is 10.8. The van der Waals surface area contributed by atoms with E-state index in [-0.39, 0.29) is 0 Å². The zero-order valence-corrected chi connectivity index (χ0v) is 15.8. The van der Waals surface area contributed by atoms with Crippen molar-refractivity contribution in [2.45, 2.75) is 11.0 Å². The number of ether oxygens (including phenoxy) is 2. The third kappa shape index (κ3) is 4.21. The van der Waals surface area contributed by atoms with Gasteiger partial charge in [-0.1, -0.05) is 41.0 Å². The molecular weight excluding hydrogens is 383 g/mol. The van der Waals surface area contributed by atoms with E-state index in [2.05, 4.69) is 10.2 Å². The van der Waals surface area contributed by atoms with Gasteiger partial charge in [0.15, 0.2) is 0 Å². The van der Waals surface area contributed by atoms with Crippen LogP contribution in [-0.4, -0.2) is 24.4 Å². The second-order valence-corrected chi connectivity index (χ2v) is 6.70. The van der Waals surface area contributed by atoms with E-state index in [1.165, 1.54) is 11.8 Å². The van der Waals surface area contributed by atoms with Gasteiger partial charge in [-0.15, -0.1) is 10.2 Å². The SMILES string of the molecule is COc1cc(OC)cc(-c2nnc(SCc3c(Cl)cccc3Cl)o2)c1. The molecule has 0 saturated carbocycles. The predicted molar refractivity (Wildman–Crippen MR) is 98.9 cm³/mol. The number of methoxy groups -OCH3 is 2. The quantitative estimate of drug-likeness (QED) is 0.523. The molecule has 2 aromatic carbocycles. The summed E-state index contributed by atoms with van der Waals surface area (Å²) in [5, 5.41) is 9.78. The van der Waals surface area contributed by atoms with Gasteiger partial charge in [-0.3, -0.25) is 0 Å². The molecule has 0 N–H and O–H groups in total.